The number of thiol groups is 2. The van der Waals surface area contributed by atoms with E-state index in [9.17, 15) is 9.59 Å². The molecule has 1 amide bonds. The first kappa shape index (κ1) is 14.6. The van der Waals surface area contributed by atoms with Gasteiger partial charge in [0.25, 0.3) is 0 Å². The van der Waals surface area contributed by atoms with Gasteiger partial charge in [0.05, 0.1) is 0 Å². The van der Waals surface area contributed by atoms with Gasteiger partial charge in [0.1, 0.15) is 10.5 Å². The van der Waals surface area contributed by atoms with Crippen LogP contribution in [0.1, 0.15) is 0 Å². The molecule has 0 radical (unpaired) electrons. The Morgan fingerprint density at radius 1 is 1.33 bits per heavy atom. The largest absolute Gasteiger partial charge is 0.480 e. The molecule has 0 spiro atoms. The highest BCUT2D eigenvalue weighted by Crippen LogP contribution is 2.09. The lowest BCUT2D eigenvalue weighted by Crippen LogP contribution is -2.42. The summed E-state index contributed by atoms with van der Waals surface area (Å²) in [6.07, 6.45) is 0. The summed E-state index contributed by atoms with van der Waals surface area (Å²) in [6.45, 7) is 1.15. The van der Waals surface area contributed by atoms with Crippen LogP contribution in [-0.2, 0) is 9.59 Å². The number of aliphatic carboxylic acids is 1. The minimum atomic E-state index is -1.15. The molecular formula is C8H16N2O3S2. The molecule has 2 N–H and O–H groups in total. The van der Waals surface area contributed by atoms with Crippen molar-refractivity contribution in [2.75, 3.05) is 27.2 Å². The number of rotatable bonds is 6. The van der Waals surface area contributed by atoms with E-state index in [-0.39, 0.29) is 0 Å². The Balaban J connectivity index is 3.94. The van der Waals surface area contributed by atoms with Crippen LogP contribution < -0.4 is 5.32 Å². The van der Waals surface area contributed by atoms with E-state index >= 15 is 0 Å². The van der Waals surface area contributed by atoms with Gasteiger partial charge in [-0.15, -0.1) is 0 Å². The minimum absolute atomic E-state index is 0.414. The van der Waals surface area contributed by atoms with Gasteiger partial charge in [-0.3, -0.25) is 9.59 Å². The second kappa shape index (κ2) is 6.97. The Hall–Kier alpha value is -0.400. The fourth-order valence-electron chi connectivity index (χ4n) is 0.786. The van der Waals surface area contributed by atoms with Crippen molar-refractivity contribution in [3.05, 3.63) is 0 Å². The van der Waals surface area contributed by atoms with Crippen LogP contribution in [0.2, 0.25) is 0 Å². The van der Waals surface area contributed by atoms with Gasteiger partial charge < -0.3 is 15.3 Å². The molecule has 0 heterocycles. The number of carbonyl (C=O) groups excluding carboxylic acids is 1. The van der Waals surface area contributed by atoms with E-state index in [0.717, 1.165) is 0 Å². The highest BCUT2D eigenvalue weighted by Gasteiger charge is 2.27. The summed E-state index contributed by atoms with van der Waals surface area (Å²) >= 11 is 7.68. The zero-order valence-electron chi connectivity index (χ0n) is 8.67. The SMILES string of the molecule is CN(C)CCNC(=O)C(S)C(S)C(=O)O. The Morgan fingerprint density at radius 2 is 1.87 bits per heavy atom. The normalized spacial score (nSPS) is 14.7. The van der Waals surface area contributed by atoms with E-state index in [2.05, 4.69) is 30.6 Å². The van der Waals surface area contributed by atoms with Crippen LogP contribution in [0.15, 0.2) is 0 Å². The number of nitrogens with one attached hydrogen (secondary N) is 1. The van der Waals surface area contributed by atoms with Gasteiger partial charge in [0.2, 0.25) is 5.91 Å². The molecule has 0 aliphatic heterocycles. The summed E-state index contributed by atoms with van der Waals surface area (Å²) in [5.41, 5.74) is 0. The van der Waals surface area contributed by atoms with Gasteiger partial charge in [0.15, 0.2) is 0 Å². The number of hydrogen-bond donors (Lipinski definition) is 4. The monoisotopic (exact) mass is 252 g/mol. The molecule has 0 fully saturated rings. The summed E-state index contributed by atoms with van der Waals surface area (Å²) in [5, 5.41) is 9.15. The number of nitrogens with zero attached hydrogens (tertiary/aromatic N) is 1. The number of likely N-dealkylation sites (N-methyl/N-ethyl adjacent to an activating group) is 1. The standard InChI is InChI=1S/C8H16N2O3S2/c1-10(2)4-3-9-7(11)5(14)6(15)8(12)13/h5-6,14-15H,3-4H2,1-2H3,(H,9,11)(H,12,13). The average molecular weight is 252 g/mol. The molecule has 0 aromatic carbocycles. The number of hydrogen-bond acceptors (Lipinski definition) is 5. The van der Waals surface area contributed by atoms with Crippen LogP contribution >= 0.6 is 25.3 Å². The number of carbonyl (C=O) groups is 2. The number of carboxylic acids is 1. The Kier molecular flexibility index (Phi) is 6.78. The first-order chi connectivity index (χ1) is 6.86. The third-order valence-corrected chi connectivity index (χ3v) is 2.97. The lowest BCUT2D eigenvalue weighted by atomic mass is 10.3. The van der Waals surface area contributed by atoms with Crippen molar-refractivity contribution < 1.29 is 14.7 Å². The second-order valence-electron chi connectivity index (χ2n) is 3.32. The van der Waals surface area contributed by atoms with Crippen molar-refractivity contribution in [3.8, 4) is 0 Å². The van der Waals surface area contributed by atoms with Crippen LogP contribution in [-0.4, -0.2) is 59.6 Å². The van der Waals surface area contributed by atoms with Crippen LogP contribution in [0.25, 0.3) is 0 Å². The summed E-state index contributed by atoms with van der Waals surface area (Å²) in [6, 6.07) is 0. The summed E-state index contributed by atoms with van der Waals surface area (Å²) in [4.78, 5) is 23.8. The molecule has 0 aromatic heterocycles. The molecule has 0 rings (SSSR count). The highest BCUT2D eigenvalue weighted by atomic mass is 32.1. The molecule has 0 bridgehead atoms. The smallest absolute Gasteiger partial charge is 0.318 e. The fraction of sp³-hybridized carbons (Fsp3) is 0.750. The highest BCUT2D eigenvalue weighted by molar-refractivity contribution is 7.86. The maximum atomic E-state index is 11.4. The summed E-state index contributed by atoms with van der Waals surface area (Å²) in [5.74, 6) is -1.57. The molecule has 0 aromatic rings. The van der Waals surface area contributed by atoms with Crippen molar-refractivity contribution in [1.82, 2.24) is 10.2 Å². The molecule has 2 unspecified atom stereocenters. The zero-order valence-corrected chi connectivity index (χ0v) is 10.5. The second-order valence-corrected chi connectivity index (χ2v) is 4.43. The third kappa shape index (κ3) is 5.91. The van der Waals surface area contributed by atoms with Gasteiger partial charge in [-0.1, -0.05) is 0 Å². The molecule has 0 saturated carbocycles. The van der Waals surface area contributed by atoms with Gasteiger partial charge in [-0.25, -0.2) is 0 Å². The van der Waals surface area contributed by atoms with Gasteiger partial charge in [-0.2, -0.15) is 25.3 Å². The Bertz CT molecular complexity index is 236. The average Bonchev–Trinajstić information content (AvgIpc) is 2.14. The third-order valence-electron chi connectivity index (χ3n) is 1.68. The lowest BCUT2D eigenvalue weighted by molar-refractivity contribution is -0.137. The minimum Gasteiger partial charge on any atom is -0.480 e. The van der Waals surface area contributed by atoms with E-state index in [1.54, 1.807) is 0 Å². The predicted octanol–water partition coefficient (Wildman–Crippen LogP) is -0.654. The first-order valence-electron chi connectivity index (χ1n) is 4.37. The van der Waals surface area contributed by atoms with Crippen LogP contribution in [0, 0.1) is 0 Å². The van der Waals surface area contributed by atoms with Crippen LogP contribution in [0.5, 0.6) is 0 Å². The molecule has 5 nitrogen and oxygen atoms in total. The van der Waals surface area contributed by atoms with Crippen molar-refractivity contribution in [2.45, 2.75) is 10.5 Å². The summed E-state index contributed by atoms with van der Waals surface area (Å²) < 4.78 is 0. The quantitative estimate of drug-likeness (QED) is 0.474. The molecule has 88 valence electrons. The maximum Gasteiger partial charge on any atom is 0.318 e. The van der Waals surface area contributed by atoms with Gasteiger partial charge in [0, 0.05) is 13.1 Å². The Morgan fingerprint density at radius 3 is 2.27 bits per heavy atom. The van der Waals surface area contributed by atoms with E-state index in [1.807, 2.05) is 19.0 Å². The van der Waals surface area contributed by atoms with Crippen LogP contribution in [0.3, 0.4) is 0 Å². The van der Waals surface area contributed by atoms with E-state index in [1.165, 1.54) is 0 Å². The van der Waals surface area contributed by atoms with E-state index in [4.69, 9.17) is 5.11 Å². The van der Waals surface area contributed by atoms with Crippen molar-refractivity contribution in [1.29, 1.82) is 0 Å². The molecule has 0 saturated heterocycles. The van der Waals surface area contributed by atoms with Crippen molar-refractivity contribution in [2.24, 2.45) is 0 Å². The number of carboxylic acid groups (broad SMARTS) is 1. The molecule has 0 aliphatic carbocycles. The molecule has 15 heavy (non-hydrogen) atoms. The van der Waals surface area contributed by atoms with Crippen molar-refractivity contribution in [3.63, 3.8) is 0 Å². The topological polar surface area (TPSA) is 69.6 Å². The molecular weight excluding hydrogens is 236 g/mol. The molecule has 7 heteroatoms. The molecule has 0 aliphatic rings. The lowest BCUT2D eigenvalue weighted by Gasteiger charge is -2.15. The number of amides is 1. The van der Waals surface area contributed by atoms with E-state index in [0.29, 0.717) is 13.1 Å². The summed E-state index contributed by atoms with van der Waals surface area (Å²) in [7, 11) is 3.76. The van der Waals surface area contributed by atoms with Gasteiger partial charge >= 0.3 is 5.97 Å². The first-order valence-corrected chi connectivity index (χ1v) is 5.41. The van der Waals surface area contributed by atoms with Crippen LogP contribution in [0.4, 0.5) is 0 Å². The maximum absolute atomic E-state index is 11.4. The van der Waals surface area contributed by atoms with Crippen molar-refractivity contribution >= 4 is 37.1 Å². The molecule has 2 atom stereocenters. The van der Waals surface area contributed by atoms with Gasteiger partial charge in [-0.05, 0) is 14.1 Å². The predicted molar refractivity (Wildman–Crippen MR) is 64.7 cm³/mol. The Labute approximate surface area is 100 Å². The van der Waals surface area contributed by atoms with E-state index < -0.39 is 22.4 Å². The fourth-order valence-corrected chi connectivity index (χ4v) is 1.14. The zero-order chi connectivity index (χ0) is 12.0.